The molecule has 232 valence electrons. The summed E-state index contributed by atoms with van der Waals surface area (Å²) in [5, 5.41) is 7.59. The first-order valence-electron chi connectivity index (χ1n) is 12.1. The van der Waals surface area contributed by atoms with E-state index in [4.69, 9.17) is 33.1 Å². The Balaban J connectivity index is 0.000000616. The van der Waals surface area contributed by atoms with Gasteiger partial charge in [0.1, 0.15) is 5.82 Å². The van der Waals surface area contributed by atoms with Crippen LogP contribution in [0.2, 0.25) is 10.0 Å². The molecule has 1 amide bonds. The van der Waals surface area contributed by atoms with Gasteiger partial charge in [-0.15, -0.1) is 0 Å². The van der Waals surface area contributed by atoms with Gasteiger partial charge in [-0.3, -0.25) is 9.69 Å². The first-order chi connectivity index (χ1) is 19.3. The van der Waals surface area contributed by atoms with E-state index in [1.807, 2.05) is 4.90 Å². The van der Waals surface area contributed by atoms with Gasteiger partial charge in [-0.2, -0.15) is 17.5 Å². The summed E-state index contributed by atoms with van der Waals surface area (Å²) in [6.45, 7) is 1.71. The number of hydrogen-bond donors (Lipinski definition) is 2. The van der Waals surface area contributed by atoms with Crippen LogP contribution in [0.5, 0.6) is 0 Å². The average molecular weight is 679 g/mol. The van der Waals surface area contributed by atoms with E-state index >= 15 is 0 Å². The summed E-state index contributed by atoms with van der Waals surface area (Å²) < 4.78 is 98.5. The number of halogens is 6. The minimum atomic E-state index is -5.08. The van der Waals surface area contributed by atoms with Gasteiger partial charge in [0.2, 0.25) is 20.0 Å². The molecule has 10 nitrogen and oxygen atoms in total. The van der Waals surface area contributed by atoms with Crippen molar-refractivity contribution in [3.8, 4) is 0 Å². The molecule has 4 rings (SSSR count). The van der Waals surface area contributed by atoms with Crippen molar-refractivity contribution in [2.24, 2.45) is 0 Å². The number of rotatable bonds is 7. The fraction of sp³-hybridized carbons (Fsp3) is 0.417. The maximum absolute atomic E-state index is 14.8. The van der Waals surface area contributed by atoms with Crippen LogP contribution >= 0.6 is 23.2 Å². The molecule has 0 spiro atoms. The molecule has 2 fully saturated rings. The van der Waals surface area contributed by atoms with Gasteiger partial charge >= 0.3 is 12.1 Å². The van der Waals surface area contributed by atoms with E-state index in [0.29, 0.717) is 25.2 Å². The number of carbonyl (C=O) groups excluding carboxylic acids is 1. The molecule has 42 heavy (non-hydrogen) atoms. The summed E-state index contributed by atoms with van der Waals surface area (Å²) >= 11 is 11.9. The Morgan fingerprint density at radius 3 is 1.95 bits per heavy atom. The highest BCUT2D eigenvalue weighted by atomic mass is 35.5. The van der Waals surface area contributed by atoms with Crippen molar-refractivity contribution >= 4 is 55.1 Å². The Labute approximate surface area is 249 Å². The van der Waals surface area contributed by atoms with Crippen LogP contribution in [0.25, 0.3) is 0 Å². The number of piperazine rings is 1. The maximum atomic E-state index is 14.8. The lowest BCUT2D eigenvalue weighted by atomic mass is 9.98. The quantitative estimate of drug-likeness (QED) is 0.421. The van der Waals surface area contributed by atoms with Gasteiger partial charge in [-0.1, -0.05) is 23.2 Å². The molecule has 0 bridgehead atoms. The van der Waals surface area contributed by atoms with E-state index in [1.165, 1.54) is 34.6 Å². The third kappa shape index (κ3) is 9.25. The van der Waals surface area contributed by atoms with E-state index in [1.54, 1.807) is 4.72 Å². The molecule has 1 aliphatic heterocycles. The van der Waals surface area contributed by atoms with Crippen molar-refractivity contribution in [1.29, 1.82) is 0 Å². The summed E-state index contributed by atoms with van der Waals surface area (Å²) in [6, 6.07) is 6.91. The van der Waals surface area contributed by atoms with Crippen molar-refractivity contribution in [2.45, 2.75) is 36.4 Å². The van der Waals surface area contributed by atoms with E-state index < -0.39 is 43.9 Å². The summed E-state index contributed by atoms with van der Waals surface area (Å²) in [7, 11) is -7.59. The zero-order valence-electron chi connectivity index (χ0n) is 21.8. The van der Waals surface area contributed by atoms with Crippen molar-refractivity contribution in [3.63, 3.8) is 0 Å². The lowest BCUT2D eigenvalue weighted by molar-refractivity contribution is -0.192. The van der Waals surface area contributed by atoms with E-state index in [2.05, 4.69) is 0 Å². The highest BCUT2D eigenvalue weighted by Crippen LogP contribution is 2.43. The Bertz CT molecular complexity index is 1560. The molecule has 1 aliphatic carbocycles. The summed E-state index contributed by atoms with van der Waals surface area (Å²) in [5.74, 6) is -4.37. The van der Waals surface area contributed by atoms with Crippen LogP contribution in [0.4, 0.5) is 17.6 Å². The predicted molar refractivity (Wildman–Crippen MR) is 145 cm³/mol. The van der Waals surface area contributed by atoms with E-state index in [-0.39, 0.29) is 39.5 Å². The largest absolute Gasteiger partial charge is 0.490 e. The topological polar surface area (TPSA) is 141 Å². The van der Waals surface area contributed by atoms with Crippen LogP contribution in [0.15, 0.2) is 35.2 Å². The van der Waals surface area contributed by atoms with Crippen molar-refractivity contribution in [1.82, 2.24) is 13.9 Å². The van der Waals surface area contributed by atoms with Gasteiger partial charge in [0.05, 0.1) is 16.7 Å². The molecule has 2 aromatic rings. The average Bonchev–Trinajstić information content (AvgIpc) is 3.68. The second-order valence-electron chi connectivity index (χ2n) is 9.60. The molecule has 0 radical (unpaired) electrons. The first kappa shape index (κ1) is 34.0. The predicted octanol–water partition coefficient (Wildman–Crippen LogP) is 3.84. The smallest absolute Gasteiger partial charge is 0.475 e. The number of amides is 1. The fourth-order valence-electron chi connectivity index (χ4n) is 4.14. The van der Waals surface area contributed by atoms with Crippen LogP contribution < -0.4 is 4.72 Å². The first-order valence-corrected chi connectivity index (χ1v) is 16.2. The molecule has 1 saturated carbocycles. The van der Waals surface area contributed by atoms with Gasteiger partial charge in [-0.05, 0) is 60.2 Å². The van der Waals surface area contributed by atoms with Crippen molar-refractivity contribution in [3.05, 3.63) is 62.9 Å². The van der Waals surface area contributed by atoms with Gasteiger partial charge in [-0.25, -0.2) is 30.7 Å². The Hall–Kier alpha value is -2.50. The summed E-state index contributed by atoms with van der Waals surface area (Å²) in [4.78, 5) is 23.2. The second-order valence-corrected chi connectivity index (χ2v) is 14.2. The monoisotopic (exact) mass is 677 g/mol. The van der Waals surface area contributed by atoms with Gasteiger partial charge in [0.25, 0.3) is 5.91 Å². The van der Waals surface area contributed by atoms with Crippen LogP contribution in [0.1, 0.15) is 40.2 Å². The molecular weight excluding hydrogens is 653 g/mol. The molecule has 18 heteroatoms. The van der Waals surface area contributed by atoms with Crippen LogP contribution in [-0.4, -0.2) is 81.6 Å². The number of sulfonamides is 2. The van der Waals surface area contributed by atoms with Crippen LogP contribution in [0, 0.1) is 5.82 Å². The number of carbonyl (C=O) groups is 2. The zero-order valence-corrected chi connectivity index (χ0v) is 24.9. The minimum absolute atomic E-state index is 0.0319. The van der Waals surface area contributed by atoms with E-state index in [0.717, 1.165) is 24.7 Å². The SMILES string of the molecule is CS(=O)(=O)NC(=O)c1cc(C2CC2)c(CN2CCN(S(=O)(=O)c3cc(Cl)cc(Cl)c3)CC2)cc1F.O=C(O)C(F)(F)F. The van der Waals surface area contributed by atoms with Gasteiger partial charge in [0, 0.05) is 42.8 Å². The molecular formula is C24H25Cl2F4N3O7S2. The minimum Gasteiger partial charge on any atom is -0.475 e. The highest BCUT2D eigenvalue weighted by Gasteiger charge is 2.38. The molecule has 0 aromatic heterocycles. The normalized spacial score (nSPS) is 16.8. The van der Waals surface area contributed by atoms with Crippen molar-refractivity contribution in [2.75, 3.05) is 32.4 Å². The van der Waals surface area contributed by atoms with Crippen molar-refractivity contribution < 1.29 is 49.1 Å². The number of nitrogens with zero attached hydrogens (tertiary/aromatic N) is 2. The molecule has 2 N–H and O–H groups in total. The molecule has 1 heterocycles. The second kappa shape index (κ2) is 13.0. The summed E-state index contributed by atoms with van der Waals surface area (Å²) in [5.41, 5.74) is 1.21. The number of aliphatic carboxylic acids is 1. The molecule has 1 saturated heterocycles. The van der Waals surface area contributed by atoms with Gasteiger partial charge < -0.3 is 5.11 Å². The number of benzene rings is 2. The Morgan fingerprint density at radius 2 is 1.50 bits per heavy atom. The summed E-state index contributed by atoms with van der Waals surface area (Å²) in [6.07, 6.45) is -2.44. The van der Waals surface area contributed by atoms with Crippen LogP contribution in [0.3, 0.4) is 0 Å². The molecule has 0 unspecified atom stereocenters. The molecule has 2 aromatic carbocycles. The third-order valence-corrected chi connectivity index (χ3v) is 9.08. The molecule has 2 aliphatic rings. The third-order valence-electron chi connectivity index (χ3n) is 6.21. The Kier molecular flexibility index (Phi) is 10.5. The number of alkyl halides is 3. The highest BCUT2D eigenvalue weighted by molar-refractivity contribution is 7.89. The maximum Gasteiger partial charge on any atom is 0.490 e. The lowest BCUT2D eigenvalue weighted by Gasteiger charge is -2.34. The lowest BCUT2D eigenvalue weighted by Crippen LogP contribution is -2.48. The van der Waals surface area contributed by atoms with Gasteiger partial charge in [0.15, 0.2) is 0 Å². The fourth-order valence-corrected chi connectivity index (χ4v) is 6.73. The molecule has 0 atom stereocenters. The number of carboxylic acid groups (broad SMARTS) is 1. The van der Waals surface area contributed by atoms with E-state index in [9.17, 15) is 39.2 Å². The number of nitrogens with one attached hydrogen (secondary N) is 1. The Morgan fingerprint density at radius 1 is 0.976 bits per heavy atom. The zero-order chi connectivity index (χ0) is 31.6. The van der Waals surface area contributed by atoms with Crippen LogP contribution in [-0.2, 0) is 31.4 Å². The standard InChI is InChI=1S/C22H24Cl2FN3O5S2.C2HF3O2/c1-34(30,31)26-22(29)20-12-19(14-2-3-14)15(8-21(20)25)13-27-4-6-28(7-5-27)35(32,33)18-10-16(23)9-17(24)11-18;3-2(4,5)1(6)7/h8-12,14H,2-7,13H2,1H3,(H,26,29);(H,6,7). The number of hydrogen-bond acceptors (Lipinski definition) is 7. The number of carboxylic acids is 1.